The molecule has 0 fully saturated rings. The largest absolute Gasteiger partial charge is 0.467 e. The van der Waals surface area contributed by atoms with Gasteiger partial charge < -0.3 is 14.3 Å². The van der Waals surface area contributed by atoms with E-state index in [0.29, 0.717) is 16.8 Å². The van der Waals surface area contributed by atoms with Crippen LogP contribution in [0.1, 0.15) is 71.6 Å². The van der Waals surface area contributed by atoms with Gasteiger partial charge in [-0.3, -0.25) is 10.1 Å². The maximum Gasteiger partial charge on any atom is 0.321 e. The van der Waals surface area contributed by atoms with Crippen LogP contribution in [0.3, 0.4) is 0 Å². The third-order valence-corrected chi connectivity index (χ3v) is 7.08. The maximum atomic E-state index is 12.4. The summed E-state index contributed by atoms with van der Waals surface area (Å²) in [5.74, 6) is 1.50. The Labute approximate surface area is 224 Å². The zero-order valence-corrected chi connectivity index (χ0v) is 23.4. The van der Waals surface area contributed by atoms with Crippen LogP contribution in [-0.2, 0) is 23.3 Å². The predicted molar refractivity (Wildman–Crippen MR) is 147 cm³/mol. The van der Waals surface area contributed by atoms with Gasteiger partial charge in [0.25, 0.3) is 0 Å². The molecule has 9 heteroatoms. The van der Waals surface area contributed by atoms with Gasteiger partial charge in [0.1, 0.15) is 5.76 Å². The molecule has 3 rings (SSSR count). The molecule has 0 saturated heterocycles. The molecule has 8 nitrogen and oxygen atoms in total. The molecule has 2 N–H and O–H groups in total. The maximum absolute atomic E-state index is 12.4. The smallest absolute Gasteiger partial charge is 0.321 e. The van der Waals surface area contributed by atoms with Gasteiger partial charge in [-0.15, -0.1) is 10.2 Å². The minimum absolute atomic E-state index is 0.0550. The number of nitrogens with one attached hydrogen (secondary N) is 2. The highest BCUT2D eigenvalue weighted by Gasteiger charge is 2.20. The molecule has 0 spiro atoms. The molecule has 2 heterocycles. The number of hydrogen-bond donors (Lipinski definition) is 2. The van der Waals surface area contributed by atoms with Crippen molar-refractivity contribution in [1.29, 1.82) is 0 Å². The zero-order chi connectivity index (χ0) is 26.8. The van der Waals surface area contributed by atoms with Gasteiger partial charge in [-0.05, 0) is 35.4 Å². The Hall–Kier alpha value is -3.07. The van der Waals surface area contributed by atoms with Gasteiger partial charge in [-0.25, -0.2) is 4.79 Å². The third kappa shape index (κ3) is 8.77. The van der Waals surface area contributed by atoms with E-state index in [-0.39, 0.29) is 17.7 Å². The minimum Gasteiger partial charge on any atom is -0.467 e. The molecule has 1 aromatic carbocycles. The fourth-order valence-corrected chi connectivity index (χ4v) is 4.70. The Kier molecular flexibility index (Phi) is 10.4. The quantitative estimate of drug-likeness (QED) is 0.217. The summed E-state index contributed by atoms with van der Waals surface area (Å²) in [6.07, 6.45) is 6.25. The number of carbonyl (C=O) groups is 2. The normalized spacial score (nSPS) is 12.4. The molecule has 37 heavy (non-hydrogen) atoms. The second-order valence-electron chi connectivity index (χ2n) is 10.4. The Morgan fingerprint density at radius 3 is 2.51 bits per heavy atom. The number of unbranched alkanes of at least 4 members (excludes halogenated alkanes) is 2. The molecule has 0 saturated carbocycles. The van der Waals surface area contributed by atoms with Crippen LogP contribution in [0.15, 0.2) is 52.2 Å². The molecule has 0 bridgehead atoms. The molecular weight excluding hydrogens is 486 g/mol. The fraction of sp³-hybridized carbons (Fsp3) is 0.500. The highest BCUT2D eigenvalue weighted by molar-refractivity contribution is 7.99. The third-order valence-electron chi connectivity index (χ3n) is 6.11. The number of benzene rings is 1. The monoisotopic (exact) mass is 525 g/mol. The Bertz CT molecular complexity index is 1130. The first kappa shape index (κ1) is 28.5. The van der Waals surface area contributed by atoms with Crippen molar-refractivity contribution >= 4 is 23.7 Å². The van der Waals surface area contributed by atoms with Gasteiger partial charge in [0.2, 0.25) is 5.91 Å². The van der Waals surface area contributed by atoms with Crippen LogP contribution < -0.4 is 10.6 Å². The van der Waals surface area contributed by atoms with Crippen molar-refractivity contribution in [3.63, 3.8) is 0 Å². The molecule has 200 valence electrons. The summed E-state index contributed by atoms with van der Waals surface area (Å²) in [4.78, 5) is 24.5. The highest BCUT2D eigenvalue weighted by atomic mass is 32.2. The summed E-state index contributed by atoms with van der Waals surface area (Å²) in [6.45, 7) is 12.0. The van der Waals surface area contributed by atoms with Gasteiger partial charge in [-0.2, -0.15) is 0 Å². The molecule has 0 radical (unpaired) electrons. The van der Waals surface area contributed by atoms with Crippen LogP contribution >= 0.6 is 11.8 Å². The fourth-order valence-electron chi connectivity index (χ4n) is 3.96. The number of rotatable bonds is 12. The Morgan fingerprint density at radius 1 is 1.11 bits per heavy atom. The Morgan fingerprint density at radius 2 is 1.86 bits per heavy atom. The number of thioether (sulfide) groups is 1. The first-order valence-electron chi connectivity index (χ1n) is 12.9. The van der Waals surface area contributed by atoms with Crippen LogP contribution in [0.5, 0.6) is 0 Å². The number of nitrogens with zero attached hydrogens (tertiary/aromatic N) is 3. The summed E-state index contributed by atoms with van der Waals surface area (Å²) < 4.78 is 7.29. The number of furan rings is 1. The molecule has 3 amide bonds. The topological polar surface area (TPSA) is 102 Å². The number of imide groups is 1. The highest BCUT2D eigenvalue weighted by Crippen LogP contribution is 2.29. The van der Waals surface area contributed by atoms with Crippen LogP contribution in [0.25, 0.3) is 11.4 Å². The van der Waals surface area contributed by atoms with E-state index in [9.17, 15) is 9.59 Å². The summed E-state index contributed by atoms with van der Waals surface area (Å²) in [7, 11) is 0. The molecule has 1 atom stereocenters. The predicted octanol–water partition coefficient (Wildman–Crippen LogP) is 6.17. The molecule has 2 aromatic heterocycles. The van der Waals surface area contributed by atoms with E-state index in [2.05, 4.69) is 84.3 Å². The first-order valence-corrected chi connectivity index (χ1v) is 13.9. The van der Waals surface area contributed by atoms with E-state index in [0.717, 1.165) is 24.4 Å². The van der Waals surface area contributed by atoms with E-state index in [4.69, 9.17) is 4.42 Å². The number of urea groups is 1. The van der Waals surface area contributed by atoms with Gasteiger partial charge in [0.05, 0.1) is 18.6 Å². The van der Waals surface area contributed by atoms with Crippen LogP contribution in [-0.4, -0.2) is 32.5 Å². The molecular formula is C28H39N5O3S. The summed E-state index contributed by atoms with van der Waals surface area (Å²) in [6, 6.07) is 11.4. The lowest BCUT2D eigenvalue weighted by Crippen LogP contribution is -2.39. The number of amides is 3. The van der Waals surface area contributed by atoms with Gasteiger partial charge >= 0.3 is 6.03 Å². The molecule has 0 aliphatic rings. The van der Waals surface area contributed by atoms with Crippen molar-refractivity contribution < 1.29 is 14.0 Å². The van der Waals surface area contributed by atoms with Crippen molar-refractivity contribution in [3.8, 4) is 11.4 Å². The van der Waals surface area contributed by atoms with Crippen LogP contribution in [0, 0.1) is 5.92 Å². The van der Waals surface area contributed by atoms with Crippen molar-refractivity contribution in [3.05, 3.63) is 54.0 Å². The standard InChI is InChI=1S/C28H39N5O3S/c1-6-7-8-10-20(2)18-33-25(21-12-14-22(15-13-21)28(3,4)5)31-32-27(33)37-19-24(34)30-26(35)29-17-23-11-9-16-36-23/h9,11-16,20H,6-8,10,17-19H2,1-5H3,(H2,29,30,34,35)/t20-/m1/s1. The average molecular weight is 526 g/mol. The van der Waals surface area contributed by atoms with Crippen molar-refractivity contribution in [2.24, 2.45) is 5.92 Å². The second kappa shape index (κ2) is 13.5. The van der Waals surface area contributed by atoms with E-state index in [1.165, 1.54) is 42.9 Å². The average Bonchev–Trinajstić information content (AvgIpc) is 3.51. The SMILES string of the molecule is CCCCC[C@@H](C)Cn1c(SCC(=O)NC(=O)NCc2ccco2)nnc1-c1ccc(C(C)(C)C)cc1. The number of hydrogen-bond acceptors (Lipinski definition) is 6. The molecule has 0 unspecified atom stereocenters. The van der Waals surface area contributed by atoms with Crippen molar-refractivity contribution in [2.45, 2.75) is 84.0 Å². The number of aromatic nitrogens is 3. The summed E-state index contributed by atoms with van der Waals surface area (Å²) >= 11 is 1.29. The van der Waals surface area contributed by atoms with Crippen molar-refractivity contribution in [1.82, 2.24) is 25.4 Å². The lowest BCUT2D eigenvalue weighted by atomic mass is 9.86. The molecule has 3 aromatic rings. The van der Waals surface area contributed by atoms with Gasteiger partial charge in [-0.1, -0.05) is 89.9 Å². The van der Waals surface area contributed by atoms with Crippen LogP contribution in [0.4, 0.5) is 4.79 Å². The summed E-state index contributed by atoms with van der Waals surface area (Å²) in [5.41, 5.74) is 2.32. The van der Waals surface area contributed by atoms with Gasteiger partial charge in [0, 0.05) is 12.1 Å². The Balaban J connectivity index is 1.68. The molecule has 0 aliphatic heterocycles. The van der Waals surface area contributed by atoms with E-state index >= 15 is 0 Å². The summed E-state index contributed by atoms with van der Waals surface area (Å²) in [5, 5.41) is 14.5. The number of carbonyl (C=O) groups excluding carboxylic acids is 2. The van der Waals surface area contributed by atoms with Crippen LogP contribution in [0.2, 0.25) is 0 Å². The second-order valence-corrected chi connectivity index (χ2v) is 11.4. The van der Waals surface area contributed by atoms with E-state index < -0.39 is 11.9 Å². The van der Waals surface area contributed by atoms with Crippen molar-refractivity contribution in [2.75, 3.05) is 5.75 Å². The first-order chi connectivity index (χ1) is 17.7. The zero-order valence-electron chi connectivity index (χ0n) is 22.5. The lowest BCUT2D eigenvalue weighted by Gasteiger charge is -2.19. The lowest BCUT2D eigenvalue weighted by molar-refractivity contribution is -0.117. The van der Waals surface area contributed by atoms with E-state index in [1.54, 1.807) is 12.1 Å². The van der Waals surface area contributed by atoms with E-state index in [1.807, 2.05) is 0 Å². The minimum atomic E-state index is -0.562. The van der Waals surface area contributed by atoms with Gasteiger partial charge in [0.15, 0.2) is 11.0 Å². The molecule has 0 aliphatic carbocycles.